The van der Waals surface area contributed by atoms with Gasteiger partial charge in [0.2, 0.25) is 5.91 Å². The molecular formula is C17H12Cl2N2O3. The number of likely N-dealkylation sites (N-methyl/N-ethyl adjacent to an activating group) is 1. The molecule has 7 heteroatoms. The summed E-state index contributed by atoms with van der Waals surface area (Å²) in [6.45, 7) is -0.354. The first-order valence-corrected chi connectivity index (χ1v) is 7.82. The lowest BCUT2D eigenvalue weighted by molar-refractivity contribution is -0.118. The van der Waals surface area contributed by atoms with E-state index in [1.165, 1.54) is 17.0 Å². The Morgan fingerprint density at radius 1 is 1.00 bits per heavy atom. The molecule has 0 aromatic heterocycles. The highest BCUT2D eigenvalue weighted by Gasteiger charge is 2.37. The first-order valence-electron chi connectivity index (χ1n) is 7.07. The Labute approximate surface area is 148 Å². The zero-order chi connectivity index (χ0) is 17.4. The largest absolute Gasteiger partial charge is 0.314 e. The van der Waals surface area contributed by atoms with Crippen molar-refractivity contribution in [2.75, 3.05) is 18.5 Å². The number of nitrogens with zero attached hydrogens (tertiary/aromatic N) is 2. The Bertz CT molecular complexity index is 811. The van der Waals surface area contributed by atoms with Crippen LogP contribution in [0.5, 0.6) is 0 Å². The lowest BCUT2D eigenvalue weighted by Crippen LogP contribution is -2.41. The fraction of sp³-hybridized carbons (Fsp3) is 0.118. The highest BCUT2D eigenvalue weighted by Crippen LogP contribution is 2.31. The molecule has 3 rings (SSSR count). The van der Waals surface area contributed by atoms with Crippen molar-refractivity contribution in [3.8, 4) is 0 Å². The minimum Gasteiger partial charge on any atom is -0.314 e. The molecule has 122 valence electrons. The molecule has 0 saturated heterocycles. The second-order valence-electron chi connectivity index (χ2n) is 5.30. The fourth-order valence-electron chi connectivity index (χ4n) is 2.46. The minimum atomic E-state index is -0.552. The van der Waals surface area contributed by atoms with Crippen LogP contribution in [0.1, 0.15) is 20.7 Å². The summed E-state index contributed by atoms with van der Waals surface area (Å²) in [6, 6.07) is 11.7. The zero-order valence-electron chi connectivity index (χ0n) is 12.6. The summed E-state index contributed by atoms with van der Waals surface area (Å²) >= 11 is 11.8. The quantitative estimate of drug-likeness (QED) is 0.787. The summed E-state index contributed by atoms with van der Waals surface area (Å²) < 4.78 is 0. The van der Waals surface area contributed by atoms with E-state index >= 15 is 0 Å². The molecule has 0 bridgehead atoms. The number of anilines is 1. The average Bonchev–Trinajstić information content (AvgIpc) is 2.80. The van der Waals surface area contributed by atoms with Gasteiger partial charge in [0.05, 0.1) is 21.2 Å². The standard InChI is InChI=1S/C17H12Cl2N2O3/c1-20(10-5-3-2-4-6-10)15(22)9-21-16(23)11-7-13(18)14(19)8-12(11)17(21)24/h2-8H,9H2,1H3. The van der Waals surface area contributed by atoms with Crippen LogP contribution in [0.3, 0.4) is 0 Å². The Kier molecular flexibility index (Phi) is 4.30. The van der Waals surface area contributed by atoms with Gasteiger partial charge in [-0.1, -0.05) is 41.4 Å². The van der Waals surface area contributed by atoms with Gasteiger partial charge in [0, 0.05) is 12.7 Å². The van der Waals surface area contributed by atoms with E-state index in [2.05, 4.69) is 0 Å². The summed E-state index contributed by atoms with van der Waals surface area (Å²) in [5, 5.41) is 0.372. The number of rotatable bonds is 3. The average molecular weight is 363 g/mol. The van der Waals surface area contributed by atoms with Crippen LogP contribution in [0.25, 0.3) is 0 Å². The van der Waals surface area contributed by atoms with Crippen molar-refractivity contribution < 1.29 is 14.4 Å². The van der Waals surface area contributed by atoms with Gasteiger partial charge < -0.3 is 4.90 Å². The second-order valence-corrected chi connectivity index (χ2v) is 6.11. The molecule has 0 N–H and O–H groups in total. The summed E-state index contributed by atoms with van der Waals surface area (Å²) in [5.41, 5.74) is 0.985. The number of benzene rings is 2. The van der Waals surface area contributed by atoms with E-state index in [-0.39, 0.29) is 33.6 Å². The van der Waals surface area contributed by atoms with E-state index in [0.29, 0.717) is 5.69 Å². The SMILES string of the molecule is CN(C(=O)CN1C(=O)c2cc(Cl)c(Cl)cc2C1=O)c1ccccc1. The predicted molar refractivity (Wildman–Crippen MR) is 91.7 cm³/mol. The van der Waals surface area contributed by atoms with Crippen LogP contribution in [-0.4, -0.2) is 36.2 Å². The van der Waals surface area contributed by atoms with Gasteiger partial charge in [-0.25, -0.2) is 0 Å². The smallest absolute Gasteiger partial charge is 0.262 e. The summed E-state index contributed by atoms with van der Waals surface area (Å²) in [4.78, 5) is 39.5. The highest BCUT2D eigenvalue weighted by molar-refractivity contribution is 6.43. The molecule has 0 radical (unpaired) electrons. The lowest BCUT2D eigenvalue weighted by atomic mass is 10.1. The van der Waals surface area contributed by atoms with Gasteiger partial charge in [-0.2, -0.15) is 0 Å². The maximum atomic E-state index is 12.4. The van der Waals surface area contributed by atoms with Crippen LogP contribution >= 0.6 is 23.2 Å². The first-order chi connectivity index (χ1) is 11.4. The van der Waals surface area contributed by atoms with Crippen LogP contribution in [0.4, 0.5) is 5.69 Å². The summed E-state index contributed by atoms with van der Waals surface area (Å²) in [5.74, 6) is -1.49. The number of halogens is 2. The topological polar surface area (TPSA) is 57.7 Å². The normalized spacial score (nSPS) is 13.2. The van der Waals surface area contributed by atoms with Crippen LogP contribution in [0.2, 0.25) is 10.0 Å². The molecule has 0 fully saturated rings. The van der Waals surface area contributed by atoms with Gasteiger partial charge in [-0.3, -0.25) is 19.3 Å². The number of hydrogen-bond acceptors (Lipinski definition) is 3. The van der Waals surface area contributed by atoms with E-state index in [4.69, 9.17) is 23.2 Å². The number of amides is 3. The van der Waals surface area contributed by atoms with E-state index in [1.807, 2.05) is 6.07 Å². The summed E-state index contributed by atoms with van der Waals surface area (Å²) in [6.07, 6.45) is 0. The molecule has 1 aliphatic rings. The number of carbonyl (C=O) groups is 3. The molecular weight excluding hydrogens is 351 g/mol. The Morgan fingerprint density at radius 2 is 1.50 bits per heavy atom. The van der Waals surface area contributed by atoms with Crippen molar-refractivity contribution in [3.05, 3.63) is 63.6 Å². The van der Waals surface area contributed by atoms with Crippen LogP contribution in [0.15, 0.2) is 42.5 Å². The molecule has 0 saturated carbocycles. The van der Waals surface area contributed by atoms with Crippen molar-refractivity contribution in [1.82, 2.24) is 4.90 Å². The maximum absolute atomic E-state index is 12.4. The van der Waals surface area contributed by atoms with Gasteiger partial charge in [0.1, 0.15) is 6.54 Å². The number of carbonyl (C=O) groups excluding carboxylic acids is 3. The third-order valence-electron chi connectivity index (χ3n) is 3.82. The van der Waals surface area contributed by atoms with Gasteiger partial charge >= 0.3 is 0 Å². The van der Waals surface area contributed by atoms with E-state index in [1.54, 1.807) is 31.3 Å². The molecule has 5 nitrogen and oxygen atoms in total. The third-order valence-corrected chi connectivity index (χ3v) is 4.54. The Morgan fingerprint density at radius 3 is 2.00 bits per heavy atom. The molecule has 0 unspecified atom stereocenters. The number of imide groups is 1. The molecule has 2 aromatic rings. The zero-order valence-corrected chi connectivity index (χ0v) is 14.1. The molecule has 24 heavy (non-hydrogen) atoms. The molecule has 1 aliphatic heterocycles. The molecule has 1 heterocycles. The first kappa shape index (κ1) is 16.5. The fourth-order valence-corrected chi connectivity index (χ4v) is 2.79. The predicted octanol–water partition coefficient (Wildman–Crippen LogP) is 3.25. The summed E-state index contributed by atoms with van der Waals surface area (Å²) in [7, 11) is 1.59. The number of para-hydroxylation sites is 1. The molecule has 0 aliphatic carbocycles. The van der Waals surface area contributed by atoms with Gasteiger partial charge in [0.25, 0.3) is 11.8 Å². The molecule has 3 amide bonds. The minimum absolute atomic E-state index is 0.157. The van der Waals surface area contributed by atoms with E-state index in [9.17, 15) is 14.4 Å². The molecule has 2 aromatic carbocycles. The van der Waals surface area contributed by atoms with E-state index in [0.717, 1.165) is 4.90 Å². The van der Waals surface area contributed by atoms with Gasteiger partial charge in [-0.05, 0) is 24.3 Å². The van der Waals surface area contributed by atoms with Gasteiger partial charge in [0.15, 0.2) is 0 Å². The third kappa shape index (κ3) is 2.77. The van der Waals surface area contributed by atoms with Crippen LogP contribution < -0.4 is 4.90 Å². The van der Waals surface area contributed by atoms with Crippen molar-refractivity contribution in [2.45, 2.75) is 0 Å². The van der Waals surface area contributed by atoms with Crippen molar-refractivity contribution in [2.24, 2.45) is 0 Å². The monoisotopic (exact) mass is 362 g/mol. The Hall–Kier alpha value is -2.37. The highest BCUT2D eigenvalue weighted by atomic mass is 35.5. The Balaban J connectivity index is 1.83. The number of hydrogen-bond donors (Lipinski definition) is 0. The van der Waals surface area contributed by atoms with Gasteiger partial charge in [-0.15, -0.1) is 0 Å². The molecule has 0 atom stereocenters. The number of fused-ring (bicyclic) bond motifs is 1. The van der Waals surface area contributed by atoms with Crippen LogP contribution in [0, 0.1) is 0 Å². The van der Waals surface area contributed by atoms with Crippen LogP contribution in [-0.2, 0) is 4.79 Å². The lowest BCUT2D eigenvalue weighted by Gasteiger charge is -2.20. The maximum Gasteiger partial charge on any atom is 0.262 e. The van der Waals surface area contributed by atoms with Crippen molar-refractivity contribution >= 4 is 46.6 Å². The second kappa shape index (κ2) is 6.26. The van der Waals surface area contributed by atoms with E-state index < -0.39 is 11.8 Å². The van der Waals surface area contributed by atoms with Crippen molar-refractivity contribution in [3.63, 3.8) is 0 Å². The van der Waals surface area contributed by atoms with Crippen molar-refractivity contribution in [1.29, 1.82) is 0 Å². The molecule has 0 spiro atoms.